The van der Waals surface area contributed by atoms with Crippen LogP contribution < -0.4 is 5.73 Å². The van der Waals surface area contributed by atoms with Crippen molar-refractivity contribution >= 4 is 0 Å². The molecule has 4 heterocycles. The third-order valence-electron chi connectivity index (χ3n) is 6.00. The van der Waals surface area contributed by atoms with Crippen molar-refractivity contribution in [1.29, 1.82) is 0 Å². The van der Waals surface area contributed by atoms with E-state index in [0.717, 1.165) is 29.3 Å². The summed E-state index contributed by atoms with van der Waals surface area (Å²) in [5.41, 5.74) is 8.56. The largest absolute Gasteiger partial charge is 0.370 e. The molecule has 158 valence electrons. The highest BCUT2D eigenvalue weighted by Gasteiger charge is 2.38. The molecule has 0 amide bonds. The summed E-state index contributed by atoms with van der Waals surface area (Å²) < 4.78 is 37.2. The van der Waals surface area contributed by atoms with Crippen LogP contribution in [-0.2, 0) is 31.9 Å². The predicted octanol–water partition coefficient (Wildman–Crippen LogP) is 1.06. The van der Waals surface area contributed by atoms with E-state index in [9.17, 15) is 8.78 Å². The Kier molecular flexibility index (Phi) is 4.60. The topological polar surface area (TPSA) is 99.9 Å². The maximum atomic E-state index is 14.2. The number of ether oxygens (including phenoxy) is 1. The van der Waals surface area contributed by atoms with Gasteiger partial charge in [-0.05, 0) is 35.0 Å². The second-order valence-electron chi connectivity index (χ2n) is 7.89. The fourth-order valence-corrected chi connectivity index (χ4v) is 4.38. The van der Waals surface area contributed by atoms with E-state index >= 15 is 0 Å². The van der Waals surface area contributed by atoms with Crippen molar-refractivity contribution in [3.8, 4) is 11.6 Å². The lowest BCUT2D eigenvalue weighted by Crippen LogP contribution is -2.47. The van der Waals surface area contributed by atoms with E-state index in [1.807, 2.05) is 11.6 Å². The molecular formula is C19H22F2N8O. The number of imidazole rings is 1. The minimum atomic E-state index is -0.657. The zero-order valence-electron chi connectivity index (χ0n) is 16.7. The number of aromatic nitrogens is 6. The molecule has 0 bridgehead atoms. The van der Waals surface area contributed by atoms with Gasteiger partial charge in [0.15, 0.2) is 5.82 Å². The monoisotopic (exact) mass is 416 g/mol. The van der Waals surface area contributed by atoms with E-state index in [-0.39, 0.29) is 11.6 Å². The van der Waals surface area contributed by atoms with E-state index in [1.54, 1.807) is 11.7 Å². The van der Waals surface area contributed by atoms with Crippen LogP contribution in [0.25, 0.3) is 11.6 Å². The van der Waals surface area contributed by atoms with Crippen molar-refractivity contribution in [3.05, 3.63) is 46.8 Å². The molecule has 0 unspecified atom stereocenters. The third kappa shape index (κ3) is 3.09. The molecule has 2 aliphatic heterocycles. The van der Waals surface area contributed by atoms with Gasteiger partial charge in [0.25, 0.3) is 0 Å². The minimum absolute atomic E-state index is 0.0713. The average molecular weight is 416 g/mol. The molecule has 0 radical (unpaired) electrons. The second-order valence-corrected chi connectivity index (χ2v) is 7.89. The molecule has 11 heteroatoms. The summed E-state index contributed by atoms with van der Waals surface area (Å²) >= 11 is 0. The first-order valence-corrected chi connectivity index (χ1v) is 9.75. The maximum Gasteiger partial charge on any atom is 0.217 e. The quantitative estimate of drug-likeness (QED) is 0.682. The number of rotatable bonds is 3. The number of tetrazole rings is 1. The SMILES string of the molecule is Cn1nnnc1-c1nc2c(n1C)CN([C@H]1CO[C@H](c3cc(F)ccc3F)[C@@H](N)C1)C2. The number of benzene rings is 1. The molecule has 9 nitrogen and oxygen atoms in total. The molecule has 2 N–H and O–H groups in total. The highest BCUT2D eigenvalue weighted by Crippen LogP contribution is 2.35. The molecule has 0 spiro atoms. The first-order valence-electron chi connectivity index (χ1n) is 9.75. The van der Waals surface area contributed by atoms with Crippen molar-refractivity contribution in [2.45, 2.75) is 37.7 Å². The highest BCUT2D eigenvalue weighted by atomic mass is 19.1. The van der Waals surface area contributed by atoms with Crippen LogP contribution in [0.3, 0.4) is 0 Å². The molecule has 30 heavy (non-hydrogen) atoms. The van der Waals surface area contributed by atoms with Gasteiger partial charge in [0.2, 0.25) is 5.82 Å². The van der Waals surface area contributed by atoms with Crippen molar-refractivity contribution in [3.63, 3.8) is 0 Å². The van der Waals surface area contributed by atoms with Crippen molar-refractivity contribution in [2.75, 3.05) is 6.61 Å². The lowest BCUT2D eigenvalue weighted by atomic mass is 9.93. The molecule has 3 atom stereocenters. The smallest absolute Gasteiger partial charge is 0.217 e. The number of nitrogens with two attached hydrogens (primary N) is 1. The van der Waals surface area contributed by atoms with Crippen LogP contribution in [0.15, 0.2) is 18.2 Å². The van der Waals surface area contributed by atoms with Crippen LogP contribution in [0.2, 0.25) is 0 Å². The Morgan fingerprint density at radius 2 is 2.00 bits per heavy atom. The third-order valence-corrected chi connectivity index (χ3v) is 6.00. The Morgan fingerprint density at radius 3 is 2.70 bits per heavy atom. The summed E-state index contributed by atoms with van der Waals surface area (Å²) in [7, 11) is 3.73. The second kappa shape index (κ2) is 7.18. The lowest BCUT2D eigenvalue weighted by molar-refractivity contribution is -0.0534. The first-order chi connectivity index (χ1) is 14.4. The fourth-order valence-electron chi connectivity index (χ4n) is 4.38. The zero-order chi connectivity index (χ0) is 21.0. The summed E-state index contributed by atoms with van der Waals surface area (Å²) in [6, 6.07) is 3.01. The summed E-state index contributed by atoms with van der Waals surface area (Å²) in [5, 5.41) is 11.6. The van der Waals surface area contributed by atoms with Crippen LogP contribution >= 0.6 is 0 Å². The predicted molar refractivity (Wildman–Crippen MR) is 102 cm³/mol. The van der Waals surface area contributed by atoms with Crippen LogP contribution in [0.1, 0.15) is 29.5 Å². The van der Waals surface area contributed by atoms with Crippen LogP contribution in [0.5, 0.6) is 0 Å². The van der Waals surface area contributed by atoms with Gasteiger partial charge in [-0.2, -0.15) is 0 Å². The van der Waals surface area contributed by atoms with E-state index in [0.29, 0.717) is 31.9 Å². The molecule has 2 aliphatic rings. The number of aryl methyl sites for hydroxylation is 1. The van der Waals surface area contributed by atoms with Gasteiger partial charge >= 0.3 is 0 Å². The van der Waals surface area contributed by atoms with Crippen LogP contribution in [-0.4, -0.2) is 53.3 Å². The molecule has 1 aromatic carbocycles. The molecule has 3 aromatic rings. The van der Waals surface area contributed by atoms with E-state index in [2.05, 4.69) is 20.4 Å². The van der Waals surface area contributed by atoms with Gasteiger partial charge < -0.3 is 15.0 Å². The van der Waals surface area contributed by atoms with Gasteiger partial charge in [0, 0.05) is 44.8 Å². The molecule has 0 saturated carbocycles. The van der Waals surface area contributed by atoms with Gasteiger partial charge in [0.05, 0.1) is 18.0 Å². The van der Waals surface area contributed by atoms with Gasteiger partial charge in [-0.1, -0.05) is 0 Å². The maximum absolute atomic E-state index is 14.2. The lowest BCUT2D eigenvalue weighted by Gasteiger charge is -2.38. The van der Waals surface area contributed by atoms with Gasteiger partial charge in [-0.15, -0.1) is 5.10 Å². The summed E-state index contributed by atoms with van der Waals surface area (Å²) in [6.07, 6.45) is -0.0376. The Morgan fingerprint density at radius 1 is 1.17 bits per heavy atom. The minimum Gasteiger partial charge on any atom is -0.370 e. The summed E-state index contributed by atoms with van der Waals surface area (Å²) in [5.74, 6) is 0.338. The van der Waals surface area contributed by atoms with Crippen LogP contribution in [0, 0.1) is 11.6 Å². The van der Waals surface area contributed by atoms with E-state index in [1.165, 1.54) is 6.07 Å². The zero-order valence-corrected chi connectivity index (χ0v) is 16.7. The molecule has 5 rings (SSSR count). The average Bonchev–Trinajstić information content (AvgIpc) is 3.40. The van der Waals surface area contributed by atoms with Crippen molar-refractivity contribution in [2.24, 2.45) is 19.8 Å². The molecule has 0 aliphatic carbocycles. The number of hydrogen-bond acceptors (Lipinski definition) is 7. The van der Waals surface area contributed by atoms with E-state index in [4.69, 9.17) is 15.5 Å². The Labute approximate surface area is 171 Å². The van der Waals surface area contributed by atoms with E-state index < -0.39 is 23.8 Å². The fraction of sp³-hybridized carbons (Fsp3) is 0.474. The highest BCUT2D eigenvalue weighted by molar-refractivity contribution is 5.46. The Bertz CT molecular complexity index is 1100. The van der Waals surface area contributed by atoms with Crippen molar-refractivity contribution < 1.29 is 13.5 Å². The summed E-state index contributed by atoms with van der Waals surface area (Å²) in [6.45, 7) is 1.75. The van der Waals surface area contributed by atoms with Gasteiger partial charge in [-0.25, -0.2) is 18.4 Å². The number of fused-ring (bicyclic) bond motifs is 1. The molecular weight excluding hydrogens is 394 g/mol. The first kappa shape index (κ1) is 19.2. The van der Waals surface area contributed by atoms with Gasteiger partial charge in [0.1, 0.15) is 17.7 Å². The number of nitrogens with zero attached hydrogens (tertiary/aromatic N) is 7. The molecule has 1 fully saturated rings. The standard InChI is InChI=1S/C19H22F2N8O/c1-27-16-8-29(7-15(16)23-18(27)19-24-25-26-28(19)2)11-6-14(22)17(30-9-11)12-5-10(20)3-4-13(12)21/h3-5,11,14,17H,6-9,22H2,1-2H3/t11-,14+,17-/m1/s1. The number of hydrogen-bond donors (Lipinski definition) is 1. The summed E-state index contributed by atoms with van der Waals surface area (Å²) in [4.78, 5) is 6.99. The van der Waals surface area contributed by atoms with Gasteiger partial charge in [-0.3, -0.25) is 4.90 Å². The van der Waals surface area contributed by atoms with Crippen LogP contribution in [0.4, 0.5) is 8.78 Å². The Hall–Kier alpha value is -2.76. The Balaban J connectivity index is 1.30. The molecule has 2 aromatic heterocycles. The molecule has 1 saturated heterocycles. The van der Waals surface area contributed by atoms with Crippen molar-refractivity contribution in [1.82, 2.24) is 34.7 Å². The number of halogens is 2. The normalized spacial score (nSPS) is 24.4.